The number of halogens is 2. The van der Waals surface area contributed by atoms with E-state index in [2.05, 4.69) is 9.72 Å². The average molecular weight is 230 g/mol. The van der Waals surface area contributed by atoms with Crippen molar-refractivity contribution >= 4 is 28.7 Å². The second kappa shape index (κ2) is 3.43. The fourth-order valence-electron chi connectivity index (χ4n) is 1.25. The Morgan fingerprint density at radius 2 is 2.20 bits per heavy atom. The van der Waals surface area contributed by atoms with Crippen LogP contribution >= 0.6 is 11.6 Å². The second-order valence-electron chi connectivity index (χ2n) is 2.86. The van der Waals surface area contributed by atoms with Crippen molar-refractivity contribution in [3.63, 3.8) is 0 Å². The standard InChI is InChI=1S/C9H5ClFNO3/c10-5-1-4-2-8(15-9(13)14)12-7(4)3-6(5)11/h1-3,12H,(H,13,14). The number of nitrogens with one attached hydrogen (secondary N) is 1. The van der Waals surface area contributed by atoms with E-state index in [-0.39, 0.29) is 10.9 Å². The maximum atomic E-state index is 13.0. The Morgan fingerprint density at radius 3 is 2.87 bits per heavy atom. The molecular formula is C9H5ClFNO3. The lowest BCUT2D eigenvalue weighted by Crippen LogP contribution is -2.02. The molecule has 0 saturated heterocycles. The van der Waals surface area contributed by atoms with Gasteiger partial charge in [0.05, 0.1) is 10.5 Å². The fourth-order valence-corrected chi connectivity index (χ4v) is 1.42. The number of H-pyrrole nitrogens is 1. The van der Waals surface area contributed by atoms with E-state index < -0.39 is 12.0 Å². The average Bonchev–Trinajstić information content (AvgIpc) is 2.46. The highest BCUT2D eigenvalue weighted by atomic mass is 35.5. The lowest BCUT2D eigenvalue weighted by atomic mass is 10.2. The Labute approximate surface area is 88.2 Å². The van der Waals surface area contributed by atoms with Gasteiger partial charge in [-0.25, -0.2) is 9.18 Å². The van der Waals surface area contributed by atoms with Gasteiger partial charge >= 0.3 is 6.16 Å². The van der Waals surface area contributed by atoms with Gasteiger partial charge in [-0.1, -0.05) is 11.6 Å². The van der Waals surface area contributed by atoms with Crippen LogP contribution in [0.4, 0.5) is 9.18 Å². The summed E-state index contributed by atoms with van der Waals surface area (Å²) in [5.41, 5.74) is 0.424. The molecule has 0 bridgehead atoms. The largest absolute Gasteiger partial charge is 0.512 e. The minimum Gasteiger partial charge on any atom is -0.449 e. The van der Waals surface area contributed by atoms with E-state index in [0.29, 0.717) is 10.9 Å². The zero-order valence-electron chi connectivity index (χ0n) is 7.25. The number of aromatic amines is 1. The maximum absolute atomic E-state index is 13.0. The van der Waals surface area contributed by atoms with E-state index >= 15 is 0 Å². The predicted octanol–water partition coefficient (Wildman–Crippen LogP) is 3.02. The number of benzene rings is 1. The van der Waals surface area contributed by atoms with Gasteiger partial charge in [-0.3, -0.25) is 0 Å². The number of hydrogen-bond acceptors (Lipinski definition) is 2. The van der Waals surface area contributed by atoms with Crippen LogP contribution in [0, 0.1) is 5.82 Å². The summed E-state index contributed by atoms with van der Waals surface area (Å²) in [6, 6.07) is 3.98. The highest BCUT2D eigenvalue weighted by Crippen LogP contribution is 2.26. The second-order valence-corrected chi connectivity index (χ2v) is 3.26. The smallest absolute Gasteiger partial charge is 0.449 e. The van der Waals surface area contributed by atoms with Crippen LogP contribution in [0.15, 0.2) is 18.2 Å². The Morgan fingerprint density at radius 1 is 1.47 bits per heavy atom. The highest BCUT2D eigenvalue weighted by molar-refractivity contribution is 6.31. The van der Waals surface area contributed by atoms with Gasteiger partial charge in [-0.05, 0) is 12.1 Å². The van der Waals surface area contributed by atoms with E-state index in [1.54, 1.807) is 0 Å². The molecule has 0 aliphatic carbocycles. The third kappa shape index (κ3) is 1.87. The van der Waals surface area contributed by atoms with Gasteiger partial charge in [-0.2, -0.15) is 0 Å². The van der Waals surface area contributed by atoms with Crippen LogP contribution in [0.2, 0.25) is 5.02 Å². The molecule has 1 aromatic carbocycles. The summed E-state index contributed by atoms with van der Waals surface area (Å²) in [4.78, 5) is 12.8. The number of ether oxygens (including phenoxy) is 1. The van der Waals surface area contributed by atoms with Crippen LogP contribution in [0.1, 0.15) is 0 Å². The van der Waals surface area contributed by atoms with Crippen molar-refractivity contribution in [1.82, 2.24) is 4.98 Å². The Kier molecular flexibility index (Phi) is 2.24. The summed E-state index contributed by atoms with van der Waals surface area (Å²) in [5, 5.41) is 8.92. The van der Waals surface area contributed by atoms with Crippen LogP contribution in [0.25, 0.3) is 10.9 Å². The first kappa shape index (κ1) is 9.79. The van der Waals surface area contributed by atoms with Crippen LogP contribution in [-0.4, -0.2) is 16.2 Å². The lowest BCUT2D eigenvalue weighted by molar-refractivity contribution is 0.143. The van der Waals surface area contributed by atoms with Crippen molar-refractivity contribution in [3.05, 3.63) is 29.0 Å². The minimum absolute atomic E-state index is 0.0247. The molecule has 2 N–H and O–H groups in total. The van der Waals surface area contributed by atoms with E-state index in [1.807, 2.05) is 0 Å². The zero-order valence-corrected chi connectivity index (χ0v) is 8.01. The SMILES string of the molecule is O=C(O)Oc1cc2cc(Cl)c(F)cc2[nH]1. The normalized spacial score (nSPS) is 10.5. The van der Waals surface area contributed by atoms with E-state index in [4.69, 9.17) is 16.7 Å². The van der Waals surface area contributed by atoms with Crippen LogP contribution in [0.5, 0.6) is 5.88 Å². The topological polar surface area (TPSA) is 62.3 Å². The molecule has 1 heterocycles. The number of fused-ring (bicyclic) bond motifs is 1. The van der Waals surface area contributed by atoms with E-state index in [1.165, 1.54) is 18.2 Å². The first-order valence-corrected chi connectivity index (χ1v) is 4.32. The van der Waals surface area contributed by atoms with Crippen molar-refractivity contribution in [3.8, 4) is 5.88 Å². The molecule has 4 nitrogen and oxygen atoms in total. The summed E-state index contributed by atoms with van der Waals surface area (Å²) in [7, 11) is 0. The summed E-state index contributed by atoms with van der Waals surface area (Å²) < 4.78 is 17.4. The maximum Gasteiger partial charge on any atom is 0.512 e. The molecule has 0 saturated carbocycles. The molecule has 15 heavy (non-hydrogen) atoms. The molecule has 78 valence electrons. The Bertz CT molecular complexity index is 498. The predicted molar refractivity (Wildman–Crippen MR) is 51.9 cm³/mol. The molecule has 0 unspecified atom stereocenters. The van der Waals surface area contributed by atoms with Crippen LogP contribution in [-0.2, 0) is 0 Å². The van der Waals surface area contributed by atoms with Gasteiger partial charge in [-0.15, -0.1) is 0 Å². The van der Waals surface area contributed by atoms with Crippen LogP contribution in [0.3, 0.4) is 0 Å². The third-order valence-corrected chi connectivity index (χ3v) is 2.12. The van der Waals surface area contributed by atoms with Crippen molar-refractivity contribution in [1.29, 1.82) is 0 Å². The molecule has 0 aliphatic heterocycles. The lowest BCUT2D eigenvalue weighted by Gasteiger charge is -1.93. The van der Waals surface area contributed by atoms with Gasteiger partial charge in [0.2, 0.25) is 5.88 Å². The Hall–Kier alpha value is -1.75. The molecule has 0 aliphatic rings. The molecule has 2 rings (SSSR count). The first-order valence-electron chi connectivity index (χ1n) is 3.95. The van der Waals surface area contributed by atoms with E-state index in [9.17, 15) is 9.18 Å². The van der Waals surface area contributed by atoms with Crippen molar-refractivity contribution < 1.29 is 19.0 Å². The fraction of sp³-hybridized carbons (Fsp3) is 0. The Balaban J connectivity index is 2.51. The minimum atomic E-state index is -1.44. The number of carboxylic acid groups (broad SMARTS) is 1. The summed E-state index contributed by atoms with van der Waals surface area (Å²) in [6.45, 7) is 0. The van der Waals surface area contributed by atoms with Crippen molar-refractivity contribution in [2.24, 2.45) is 0 Å². The number of rotatable bonds is 1. The molecule has 0 spiro atoms. The summed E-state index contributed by atoms with van der Waals surface area (Å²) >= 11 is 5.56. The quantitative estimate of drug-likeness (QED) is 0.739. The molecule has 0 radical (unpaired) electrons. The van der Waals surface area contributed by atoms with Gasteiger partial charge in [0, 0.05) is 11.5 Å². The molecule has 2 aromatic rings. The summed E-state index contributed by atoms with van der Waals surface area (Å²) in [6.07, 6.45) is -1.44. The van der Waals surface area contributed by atoms with Gasteiger partial charge in [0.15, 0.2) is 0 Å². The van der Waals surface area contributed by atoms with Crippen LogP contribution < -0.4 is 4.74 Å². The molecule has 6 heteroatoms. The monoisotopic (exact) mass is 229 g/mol. The summed E-state index contributed by atoms with van der Waals surface area (Å²) in [5.74, 6) is -0.549. The van der Waals surface area contributed by atoms with Crippen molar-refractivity contribution in [2.75, 3.05) is 0 Å². The van der Waals surface area contributed by atoms with Gasteiger partial charge in [0.25, 0.3) is 0 Å². The van der Waals surface area contributed by atoms with E-state index in [0.717, 1.165) is 0 Å². The van der Waals surface area contributed by atoms with Gasteiger partial charge in [0.1, 0.15) is 5.82 Å². The first-order chi connectivity index (χ1) is 7.06. The van der Waals surface area contributed by atoms with Crippen molar-refractivity contribution in [2.45, 2.75) is 0 Å². The number of hydrogen-bond donors (Lipinski definition) is 2. The molecular weight excluding hydrogens is 225 g/mol. The highest BCUT2D eigenvalue weighted by Gasteiger charge is 2.08. The molecule has 0 fully saturated rings. The molecule has 1 aromatic heterocycles. The number of aromatic nitrogens is 1. The number of carbonyl (C=O) groups is 1. The van der Waals surface area contributed by atoms with Gasteiger partial charge < -0.3 is 14.8 Å². The third-order valence-electron chi connectivity index (χ3n) is 1.83. The molecule has 0 amide bonds. The molecule has 0 atom stereocenters. The zero-order chi connectivity index (χ0) is 11.0.